The van der Waals surface area contributed by atoms with E-state index in [4.69, 9.17) is 9.72 Å². The molecule has 2 saturated heterocycles. The lowest BCUT2D eigenvalue weighted by atomic mass is 10.0. The van der Waals surface area contributed by atoms with Gasteiger partial charge in [-0.2, -0.15) is 0 Å². The number of amides is 2. The highest BCUT2D eigenvalue weighted by atomic mass is 16.5. The van der Waals surface area contributed by atoms with Crippen LogP contribution < -0.4 is 10.6 Å². The molecule has 11 heteroatoms. The van der Waals surface area contributed by atoms with E-state index < -0.39 is 12.1 Å². The lowest BCUT2D eigenvalue weighted by Gasteiger charge is -2.30. The van der Waals surface area contributed by atoms with Crippen LogP contribution in [-0.4, -0.2) is 68.1 Å². The van der Waals surface area contributed by atoms with Crippen molar-refractivity contribution in [2.24, 2.45) is 5.92 Å². The molecule has 0 bridgehead atoms. The maximum absolute atomic E-state index is 13.5. The fourth-order valence-electron chi connectivity index (χ4n) is 6.70. The summed E-state index contributed by atoms with van der Waals surface area (Å²) >= 11 is 0. The lowest BCUT2D eigenvalue weighted by molar-refractivity contribution is -0.135. The van der Waals surface area contributed by atoms with Crippen molar-refractivity contribution in [3.8, 4) is 33.8 Å². The zero-order chi connectivity index (χ0) is 32.5. The Morgan fingerprint density at radius 3 is 2.40 bits per heavy atom. The van der Waals surface area contributed by atoms with Crippen molar-refractivity contribution in [1.29, 1.82) is 0 Å². The number of likely N-dealkylation sites (tertiary alicyclic amines) is 1. The summed E-state index contributed by atoms with van der Waals surface area (Å²) in [5.41, 5.74) is 6.86. The third-order valence-electron chi connectivity index (χ3n) is 9.32. The van der Waals surface area contributed by atoms with Crippen LogP contribution >= 0.6 is 0 Å². The summed E-state index contributed by atoms with van der Waals surface area (Å²) < 4.78 is 4.75. The van der Waals surface area contributed by atoms with E-state index in [0.29, 0.717) is 12.6 Å². The predicted octanol–water partition coefficient (Wildman–Crippen LogP) is 6.15. The van der Waals surface area contributed by atoms with Crippen molar-refractivity contribution in [3.63, 3.8) is 0 Å². The highest BCUT2D eigenvalue weighted by Gasteiger charge is 2.37. The lowest BCUT2D eigenvalue weighted by Crippen LogP contribution is -2.51. The highest BCUT2D eigenvalue weighted by molar-refractivity contribution is 5.87. The smallest absolute Gasteiger partial charge is 0.407 e. The van der Waals surface area contributed by atoms with Gasteiger partial charge in [0.25, 0.3) is 0 Å². The summed E-state index contributed by atoms with van der Waals surface area (Å²) in [5.74, 6) is 1.52. The number of nitrogens with one attached hydrogen (secondary N) is 4. The fourth-order valence-corrected chi connectivity index (χ4v) is 6.70. The number of hydrogen-bond acceptors (Lipinski definition) is 7. The van der Waals surface area contributed by atoms with E-state index in [0.717, 1.165) is 82.1 Å². The van der Waals surface area contributed by atoms with Crippen LogP contribution in [0, 0.1) is 5.92 Å². The summed E-state index contributed by atoms with van der Waals surface area (Å²) in [6, 6.07) is 18.3. The van der Waals surface area contributed by atoms with E-state index in [9.17, 15) is 9.59 Å². The summed E-state index contributed by atoms with van der Waals surface area (Å²) in [6.07, 6.45) is 7.04. The third kappa shape index (κ3) is 6.23. The molecule has 2 aliphatic rings. The van der Waals surface area contributed by atoms with Gasteiger partial charge in [0.2, 0.25) is 5.91 Å². The molecule has 242 valence electrons. The van der Waals surface area contributed by atoms with E-state index in [1.165, 1.54) is 13.5 Å². The predicted molar refractivity (Wildman–Crippen MR) is 180 cm³/mol. The number of benzene rings is 2. The molecule has 5 heterocycles. The molecule has 2 aliphatic heterocycles. The molecule has 0 spiro atoms. The van der Waals surface area contributed by atoms with Crippen LogP contribution in [0.1, 0.15) is 63.3 Å². The Morgan fingerprint density at radius 2 is 1.64 bits per heavy atom. The van der Waals surface area contributed by atoms with Gasteiger partial charge < -0.3 is 30.2 Å². The van der Waals surface area contributed by atoms with Crippen LogP contribution in [0.4, 0.5) is 4.79 Å². The van der Waals surface area contributed by atoms with E-state index in [1.54, 1.807) is 0 Å². The van der Waals surface area contributed by atoms with E-state index in [1.807, 2.05) is 37.2 Å². The van der Waals surface area contributed by atoms with Crippen LogP contribution in [0.5, 0.6) is 0 Å². The van der Waals surface area contributed by atoms with Gasteiger partial charge in [-0.25, -0.2) is 19.7 Å². The molecule has 0 unspecified atom stereocenters. The average Bonchev–Trinajstić information content (AvgIpc) is 3.93. The van der Waals surface area contributed by atoms with Crippen LogP contribution in [0.3, 0.4) is 0 Å². The van der Waals surface area contributed by atoms with Crippen molar-refractivity contribution in [2.45, 2.75) is 57.7 Å². The van der Waals surface area contributed by atoms with E-state index in [-0.39, 0.29) is 17.9 Å². The first-order valence-electron chi connectivity index (χ1n) is 16.4. The van der Waals surface area contributed by atoms with Crippen LogP contribution in [0.15, 0.2) is 67.0 Å². The number of imidazole rings is 2. The molecular formula is C36H40N8O3. The molecule has 5 aromatic rings. The molecule has 7 rings (SSSR count). The number of aromatic amines is 2. The van der Waals surface area contributed by atoms with Gasteiger partial charge in [-0.3, -0.25) is 4.79 Å². The van der Waals surface area contributed by atoms with Gasteiger partial charge in [0.1, 0.15) is 17.7 Å². The number of aromatic nitrogens is 5. The first-order valence-corrected chi connectivity index (χ1v) is 16.4. The molecule has 47 heavy (non-hydrogen) atoms. The quantitative estimate of drug-likeness (QED) is 0.161. The number of pyridine rings is 1. The number of carbonyl (C=O) groups is 2. The first kappa shape index (κ1) is 30.6. The summed E-state index contributed by atoms with van der Waals surface area (Å²) in [5, 5.41) is 7.26. The molecule has 0 saturated carbocycles. The maximum Gasteiger partial charge on any atom is 0.407 e. The monoisotopic (exact) mass is 632 g/mol. The van der Waals surface area contributed by atoms with E-state index >= 15 is 0 Å². The molecule has 2 fully saturated rings. The number of hydrogen-bond donors (Lipinski definition) is 4. The van der Waals surface area contributed by atoms with Crippen molar-refractivity contribution in [2.75, 3.05) is 20.2 Å². The Kier molecular flexibility index (Phi) is 8.46. The van der Waals surface area contributed by atoms with Crippen molar-refractivity contribution >= 4 is 22.9 Å². The molecule has 3 atom stereocenters. The Hall–Kier alpha value is -5.03. The standard InChI is InChI=1S/C36H40N8O3/c1-21(2)32(43-36(46)47-3)35(45)44-17-5-7-31(44)34-39-19-29(41-34)23-10-8-22(9-11-23)24-12-14-26-25(18-24)13-15-27(40-26)30-20-38-33(42-30)28-6-4-16-37-28/h8-15,18-21,28,31-32,37H,4-7,16-17H2,1-3H3,(H,38,42)(H,39,41)(H,43,46)/t28-,31-,32-/m0/s1. The van der Waals surface area contributed by atoms with Gasteiger partial charge in [0.05, 0.1) is 54.2 Å². The van der Waals surface area contributed by atoms with Gasteiger partial charge in [-0.15, -0.1) is 0 Å². The summed E-state index contributed by atoms with van der Waals surface area (Å²) in [7, 11) is 1.30. The minimum absolute atomic E-state index is 0.0840. The van der Waals surface area contributed by atoms with Gasteiger partial charge >= 0.3 is 6.09 Å². The molecule has 3 aromatic heterocycles. The van der Waals surface area contributed by atoms with Gasteiger partial charge in [0, 0.05) is 11.9 Å². The Morgan fingerprint density at radius 1 is 0.894 bits per heavy atom. The Bertz CT molecular complexity index is 1890. The number of fused-ring (bicyclic) bond motifs is 1. The third-order valence-corrected chi connectivity index (χ3v) is 9.32. The largest absolute Gasteiger partial charge is 0.453 e. The average molecular weight is 633 g/mol. The number of ether oxygens (including phenoxy) is 1. The number of alkyl carbamates (subject to hydrolysis) is 1. The number of rotatable bonds is 8. The zero-order valence-electron chi connectivity index (χ0n) is 26.9. The van der Waals surface area contributed by atoms with Crippen molar-refractivity contribution in [1.82, 2.24) is 40.5 Å². The second kappa shape index (κ2) is 13.0. The van der Waals surface area contributed by atoms with Crippen molar-refractivity contribution in [3.05, 3.63) is 78.6 Å². The van der Waals surface area contributed by atoms with Crippen molar-refractivity contribution < 1.29 is 14.3 Å². The zero-order valence-corrected chi connectivity index (χ0v) is 26.9. The SMILES string of the molecule is COC(=O)N[C@H](C(=O)N1CCC[C@H]1c1ncc(-c2ccc(-c3ccc4nc(-c5cnc([C@@H]6CCCN6)[nH]5)ccc4c3)cc2)[nH]1)C(C)C. The van der Waals surface area contributed by atoms with Crippen LogP contribution in [-0.2, 0) is 9.53 Å². The van der Waals surface area contributed by atoms with Crippen LogP contribution in [0.2, 0.25) is 0 Å². The number of nitrogens with zero attached hydrogens (tertiary/aromatic N) is 4. The second-order valence-corrected chi connectivity index (χ2v) is 12.7. The molecule has 2 amide bonds. The molecule has 2 aromatic carbocycles. The summed E-state index contributed by atoms with van der Waals surface area (Å²) in [4.78, 5) is 48.3. The van der Waals surface area contributed by atoms with E-state index in [2.05, 4.69) is 79.1 Å². The number of methoxy groups -OCH3 is 1. The topological polar surface area (TPSA) is 141 Å². The minimum Gasteiger partial charge on any atom is -0.453 e. The van der Waals surface area contributed by atoms with Crippen LogP contribution in [0.25, 0.3) is 44.7 Å². The van der Waals surface area contributed by atoms with Gasteiger partial charge in [-0.05, 0) is 73.0 Å². The first-order chi connectivity index (χ1) is 22.9. The van der Waals surface area contributed by atoms with Gasteiger partial charge in [-0.1, -0.05) is 50.2 Å². The second-order valence-electron chi connectivity index (χ2n) is 12.7. The maximum atomic E-state index is 13.5. The molecular weight excluding hydrogens is 592 g/mol. The molecule has 0 aliphatic carbocycles. The Balaban J connectivity index is 1.05. The normalized spacial score (nSPS) is 18.6. The minimum atomic E-state index is -0.665. The molecule has 11 nitrogen and oxygen atoms in total. The van der Waals surface area contributed by atoms with Gasteiger partial charge in [0.15, 0.2) is 0 Å². The molecule has 4 N–H and O–H groups in total. The fraction of sp³-hybridized carbons (Fsp3) is 0.361. The summed E-state index contributed by atoms with van der Waals surface area (Å²) in [6.45, 7) is 5.47. The Labute approximate surface area is 273 Å². The molecule has 0 radical (unpaired) electrons. The highest BCUT2D eigenvalue weighted by Crippen LogP contribution is 2.34. The number of H-pyrrole nitrogens is 2. The number of carbonyl (C=O) groups excluding carboxylic acids is 2.